The van der Waals surface area contributed by atoms with Gasteiger partial charge in [-0.25, -0.2) is 4.98 Å². The highest BCUT2D eigenvalue weighted by Gasteiger charge is 2.11. The van der Waals surface area contributed by atoms with Crippen molar-refractivity contribution in [2.45, 2.75) is 13.0 Å². The summed E-state index contributed by atoms with van der Waals surface area (Å²) in [6.07, 6.45) is 0.831. The highest BCUT2D eigenvalue weighted by molar-refractivity contribution is 6.35. The minimum absolute atomic E-state index is 0.487. The molecule has 0 aliphatic carbocycles. The van der Waals surface area contributed by atoms with Crippen LogP contribution in [0, 0.1) is 0 Å². The molecule has 0 saturated heterocycles. The Labute approximate surface area is 128 Å². The van der Waals surface area contributed by atoms with Crippen molar-refractivity contribution < 1.29 is 4.74 Å². The van der Waals surface area contributed by atoms with Crippen molar-refractivity contribution in [1.29, 1.82) is 0 Å². The van der Waals surface area contributed by atoms with Crippen molar-refractivity contribution >= 4 is 28.6 Å². The molecule has 1 heterocycles. The van der Waals surface area contributed by atoms with Crippen LogP contribution in [0.5, 0.6) is 5.75 Å². The number of hydrogen-bond donors (Lipinski definition) is 1. The number of hydrogen-bond acceptors (Lipinski definition) is 3. The molecule has 2 N–H and O–H groups in total. The fourth-order valence-electron chi connectivity index (χ4n) is 2.45. The molecule has 0 aliphatic heterocycles. The number of nitrogens with two attached hydrogens (primary N) is 1. The maximum atomic E-state index is 6.27. The van der Waals surface area contributed by atoms with Gasteiger partial charge in [-0.05, 0) is 36.2 Å². The van der Waals surface area contributed by atoms with Gasteiger partial charge >= 0.3 is 0 Å². The molecule has 0 atom stereocenters. The van der Waals surface area contributed by atoms with Crippen LogP contribution in [-0.4, -0.2) is 16.7 Å². The van der Waals surface area contributed by atoms with Crippen molar-refractivity contribution in [2.75, 3.05) is 12.8 Å². The zero-order valence-corrected chi connectivity index (χ0v) is 12.5. The number of halogens is 1. The van der Waals surface area contributed by atoms with Crippen LogP contribution in [0.3, 0.4) is 0 Å². The van der Waals surface area contributed by atoms with Gasteiger partial charge in [-0.15, -0.1) is 0 Å². The molecule has 108 valence electrons. The zero-order chi connectivity index (χ0) is 14.8. The van der Waals surface area contributed by atoms with Crippen LogP contribution in [0.25, 0.3) is 11.0 Å². The molecule has 0 bridgehead atoms. The lowest BCUT2D eigenvalue weighted by Gasteiger charge is -2.08. The number of para-hydroxylation sites is 1. The van der Waals surface area contributed by atoms with E-state index in [1.54, 1.807) is 7.11 Å². The Balaban J connectivity index is 1.89. The van der Waals surface area contributed by atoms with Gasteiger partial charge in [0.25, 0.3) is 0 Å². The maximum absolute atomic E-state index is 6.27. The van der Waals surface area contributed by atoms with E-state index in [0.29, 0.717) is 11.0 Å². The van der Waals surface area contributed by atoms with Gasteiger partial charge in [0.05, 0.1) is 23.2 Å². The second-order valence-electron chi connectivity index (χ2n) is 4.83. The Morgan fingerprint density at radius 1 is 1.24 bits per heavy atom. The van der Waals surface area contributed by atoms with E-state index in [9.17, 15) is 0 Å². The summed E-state index contributed by atoms with van der Waals surface area (Å²) in [6.45, 7) is 0.721. The fourth-order valence-corrected chi connectivity index (χ4v) is 2.73. The number of nitrogen functional groups attached to an aromatic ring is 1. The molecule has 4 nitrogen and oxygen atoms in total. The van der Waals surface area contributed by atoms with Gasteiger partial charge in [-0.2, -0.15) is 0 Å². The number of methoxy groups -OCH3 is 1. The summed E-state index contributed by atoms with van der Waals surface area (Å²) in [5, 5.41) is 0.669. The predicted octanol–water partition coefficient (Wildman–Crippen LogP) is 3.52. The standard InChI is InChI=1S/C16H16ClN3O/c1-21-12-5-2-4-11(10-12)8-9-20-15-13(17)6-3-7-14(15)19-16(20)18/h2-7,10H,8-9H2,1H3,(H2,18,19). The molecule has 0 saturated carbocycles. The van der Waals surface area contributed by atoms with E-state index in [1.165, 1.54) is 5.56 Å². The molecular weight excluding hydrogens is 286 g/mol. The number of ether oxygens (including phenoxy) is 1. The monoisotopic (exact) mass is 301 g/mol. The molecule has 0 fully saturated rings. The van der Waals surface area contributed by atoms with Gasteiger partial charge in [0.2, 0.25) is 5.95 Å². The molecule has 0 aliphatic rings. The number of fused-ring (bicyclic) bond motifs is 1. The van der Waals surface area contributed by atoms with Crippen molar-refractivity contribution in [3.8, 4) is 5.75 Å². The van der Waals surface area contributed by atoms with Crippen LogP contribution in [0.1, 0.15) is 5.56 Å². The second kappa shape index (κ2) is 5.66. The summed E-state index contributed by atoms with van der Waals surface area (Å²) in [7, 11) is 1.67. The van der Waals surface area contributed by atoms with Crippen molar-refractivity contribution in [2.24, 2.45) is 0 Å². The topological polar surface area (TPSA) is 53.1 Å². The van der Waals surface area contributed by atoms with E-state index in [1.807, 2.05) is 41.0 Å². The van der Waals surface area contributed by atoms with Crippen LogP contribution >= 0.6 is 11.6 Å². The number of aryl methyl sites for hydroxylation is 2. The number of aromatic nitrogens is 2. The lowest BCUT2D eigenvalue weighted by Crippen LogP contribution is -2.06. The lowest BCUT2D eigenvalue weighted by atomic mass is 10.1. The maximum Gasteiger partial charge on any atom is 0.201 e. The van der Waals surface area contributed by atoms with E-state index >= 15 is 0 Å². The summed E-state index contributed by atoms with van der Waals surface area (Å²) < 4.78 is 7.20. The van der Waals surface area contributed by atoms with E-state index in [2.05, 4.69) is 11.1 Å². The minimum Gasteiger partial charge on any atom is -0.497 e. The molecule has 1 aromatic heterocycles. The number of benzene rings is 2. The van der Waals surface area contributed by atoms with Gasteiger partial charge in [-0.1, -0.05) is 29.8 Å². The molecule has 0 unspecified atom stereocenters. The smallest absolute Gasteiger partial charge is 0.201 e. The Morgan fingerprint density at radius 3 is 2.86 bits per heavy atom. The lowest BCUT2D eigenvalue weighted by molar-refractivity contribution is 0.414. The van der Waals surface area contributed by atoms with Crippen LogP contribution in [-0.2, 0) is 13.0 Å². The Morgan fingerprint density at radius 2 is 2.05 bits per heavy atom. The molecule has 3 rings (SSSR count). The number of anilines is 1. The average molecular weight is 302 g/mol. The molecule has 3 aromatic rings. The Kier molecular flexibility index (Phi) is 3.71. The van der Waals surface area contributed by atoms with Crippen LogP contribution in [0.2, 0.25) is 5.02 Å². The summed E-state index contributed by atoms with van der Waals surface area (Å²) in [5.41, 5.74) is 8.91. The highest BCUT2D eigenvalue weighted by Crippen LogP contribution is 2.26. The molecule has 0 amide bonds. The number of nitrogens with zero attached hydrogens (tertiary/aromatic N) is 2. The Hall–Kier alpha value is -2.20. The molecule has 0 radical (unpaired) electrons. The first-order valence-electron chi connectivity index (χ1n) is 6.72. The second-order valence-corrected chi connectivity index (χ2v) is 5.24. The fraction of sp³-hybridized carbons (Fsp3) is 0.188. The quantitative estimate of drug-likeness (QED) is 0.802. The van der Waals surface area contributed by atoms with Crippen LogP contribution in [0.4, 0.5) is 5.95 Å². The number of imidazole rings is 1. The molecule has 0 spiro atoms. The number of rotatable bonds is 4. The van der Waals surface area contributed by atoms with Gasteiger partial charge in [0.1, 0.15) is 5.75 Å². The van der Waals surface area contributed by atoms with Crippen LogP contribution < -0.4 is 10.5 Å². The van der Waals surface area contributed by atoms with Gasteiger partial charge < -0.3 is 15.0 Å². The minimum atomic E-state index is 0.487. The molecule has 2 aromatic carbocycles. The SMILES string of the molecule is COc1cccc(CCn2c(N)nc3cccc(Cl)c32)c1. The van der Waals surface area contributed by atoms with Gasteiger partial charge in [0.15, 0.2) is 0 Å². The van der Waals surface area contributed by atoms with Crippen LogP contribution in [0.15, 0.2) is 42.5 Å². The van der Waals surface area contributed by atoms with E-state index in [-0.39, 0.29) is 0 Å². The predicted molar refractivity (Wildman–Crippen MR) is 85.9 cm³/mol. The van der Waals surface area contributed by atoms with Crippen molar-refractivity contribution in [1.82, 2.24) is 9.55 Å². The Bertz CT molecular complexity index is 782. The largest absolute Gasteiger partial charge is 0.497 e. The third-order valence-corrected chi connectivity index (χ3v) is 3.81. The third kappa shape index (κ3) is 2.67. The normalized spacial score (nSPS) is 11.0. The van der Waals surface area contributed by atoms with Crippen molar-refractivity contribution in [3.63, 3.8) is 0 Å². The van der Waals surface area contributed by atoms with Gasteiger partial charge in [-0.3, -0.25) is 0 Å². The zero-order valence-electron chi connectivity index (χ0n) is 11.7. The first-order valence-corrected chi connectivity index (χ1v) is 7.10. The van der Waals surface area contributed by atoms with Gasteiger partial charge in [0, 0.05) is 6.54 Å². The molecule has 5 heteroatoms. The molecule has 21 heavy (non-hydrogen) atoms. The van der Waals surface area contributed by atoms with E-state index in [0.717, 1.165) is 29.7 Å². The van der Waals surface area contributed by atoms with E-state index < -0.39 is 0 Å². The first kappa shape index (κ1) is 13.8. The summed E-state index contributed by atoms with van der Waals surface area (Å²) in [4.78, 5) is 4.35. The highest BCUT2D eigenvalue weighted by atomic mass is 35.5. The molecular formula is C16H16ClN3O. The van der Waals surface area contributed by atoms with E-state index in [4.69, 9.17) is 22.1 Å². The summed E-state index contributed by atoms with van der Waals surface area (Å²) in [6, 6.07) is 13.7. The summed E-state index contributed by atoms with van der Waals surface area (Å²) in [5.74, 6) is 1.34. The first-order chi connectivity index (χ1) is 10.2. The third-order valence-electron chi connectivity index (χ3n) is 3.51. The van der Waals surface area contributed by atoms with Crippen molar-refractivity contribution in [3.05, 3.63) is 53.1 Å². The summed E-state index contributed by atoms with van der Waals surface area (Å²) >= 11 is 6.27. The average Bonchev–Trinajstić information content (AvgIpc) is 2.82.